The van der Waals surface area contributed by atoms with E-state index in [0.717, 1.165) is 0 Å². The molecule has 1 fully saturated rings. The van der Waals surface area contributed by atoms with Crippen LogP contribution in [0.1, 0.15) is 19.3 Å². The fourth-order valence-electron chi connectivity index (χ4n) is 2.29. The zero-order chi connectivity index (χ0) is 10.2. The minimum absolute atomic E-state index is 0.171. The van der Waals surface area contributed by atoms with Crippen molar-refractivity contribution in [3.8, 4) is 0 Å². The van der Waals surface area contributed by atoms with E-state index in [1.165, 1.54) is 0 Å². The van der Waals surface area contributed by atoms with Crippen molar-refractivity contribution < 1.29 is 14.3 Å². The Balaban J connectivity index is 2.25. The molecule has 2 rings (SSSR count). The van der Waals surface area contributed by atoms with E-state index in [1.807, 2.05) is 12.2 Å². The lowest BCUT2D eigenvalue weighted by Crippen LogP contribution is -2.33. The van der Waals surface area contributed by atoms with Crippen molar-refractivity contribution in [2.45, 2.75) is 19.3 Å². The molecule has 1 aliphatic carbocycles. The van der Waals surface area contributed by atoms with Crippen LogP contribution in [0.3, 0.4) is 0 Å². The molecule has 0 spiro atoms. The van der Waals surface area contributed by atoms with Crippen LogP contribution in [0, 0.1) is 11.3 Å². The number of halogens is 1. The highest BCUT2D eigenvalue weighted by Gasteiger charge is 2.50. The van der Waals surface area contributed by atoms with Gasteiger partial charge in [0.15, 0.2) is 0 Å². The van der Waals surface area contributed by atoms with Crippen LogP contribution >= 0.6 is 11.6 Å². The van der Waals surface area contributed by atoms with Gasteiger partial charge in [-0.2, -0.15) is 0 Å². The summed E-state index contributed by atoms with van der Waals surface area (Å²) in [7, 11) is 0. The van der Waals surface area contributed by atoms with E-state index < -0.39 is 0 Å². The fourth-order valence-corrected chi connectivity index (χ4v) is 2.55. The van der Waals surface area contributed by atoms with Crippen LogP contribution in [0.4, 0.5) is 0 Å². The van der Waals surface area contributed by atoms with Gasteiger partial charge in [0, 0.05) is 11.8 Å². The number of esters is 1. The summed E-state index contributed by atoms with van der Waals surface area (Å²) in [4.78, 5) is 22.3. The highest BCUT2D eigenvalue weighted by molar-refractivity contribution is 6.63. The number of hydrogen-bond acceptors (Lipinski definition) is 3. The summed E-state index contributed by atoms with van der Waals surface area (Å²) in [6, 6.07) is 0. The van der Waals surface area contributed by atoms with E-state index in [4.69, 9.17) is 16.3 Å². The molecule has 0 amide bonds. The predicted molar refractivity (Wildman–Crippen MR) is 50.7 cm³/mol. The number of rotatable bonds is 2. The van der Waals surface area contributed by atoms with Crippen molar-refractivity contribution >= 4 is 22.8 Å². The maximum absolute atomic E-state index is 11.4. The van der Waals surface area contributed by atoms with Gasteiger partial charge in [0.25, 0.3) is 0 Å². The van der Waals surface area contributed by atoms with Gasteiger partial charge in [0.1, 0.15) is 0 Å². The third-order valence-corrected chi connectivity index (χ3v) is 3.21. The molecule has 0 aromatic carbocycles. The van der Waals surface area contributed by atoms with E-state index in [0.29, 0.717) is 19.4 Å². The lowest BCUT2D eigenvalue weighted by Gasteiger charge is -2.31. The molecule has 0 aromatic heterocycles. The molecule has 0 aromatic rings. The molecule has 0 unspecified atom stereocenters. The SMILES string of the molecule is O=C(Cl)C[C@@]12CC=CC[C@@H]1C(=O)OC2. The molecule has 1 aliphatic heterocycles. The first-order valence-electron chi connectivity index (χ1n) is 4.64. The van der Waals surface area contributed by atoms with Crippen molar-refractivity contribution in [2.24, 2.45) is 11.3 Å². The molecule has 1 heterocycles. The summed E-state index contributed by atoms with van der Waals surface area (Å²) >= 11 is 5.39. The summed E-state index contributed by atoms with van der Waals surface area (Å²) in [6.45, 7) is 0.333. The van der Waals surface area contributed by atoms with Gasteiger partial charge in [-0.3, -0.25) is 9.59 Å². The molecular formula is C10H11ClO3. The molecule has 2 atom stereocenters. The lowest BCUT2D eigenvalue weighted by molar-refractivity contribution is -0.141. The van der Waals surface area contributed by atoms with Crippen molar-refractivity contribution in [3.63, 3.8) is 0 Å². The van der Waals surface area contributed by atoms with Gasteiger partial charge in [-0.1, -0.05) is 12.2 Å². The molecule has 2 aliphatic rings. The number of cyclic esters (lactones) is 1. The van der Waals surface area contributed by atoms with Crippen molar-refractivity contribution in [3.05, 3.63) is 12.2 Å². The first-order chi connectivity index (χ1) is 6.64. The molecule has 0 radical (unpaired) electrons. The molecule has 0 bridgehead atoms. The predicted octanol–water partition coefficient (Wildman–Crippen LogP) is 1.65. The van der Waals surface area contributed by atoms with Crippen LogP contribution in [0.25, 0.3) is 0 Å². The molecular weight excluding hydrogens is 204 g/mol. The second-order valence-corrected chi connectivity index (χ2v) is 4.39. The van der Waals surface area contributed by atoms with Crippen LogP contribution in [-0.4, -0.2) is 17.8 Å². The minimum atomic E-state index is -0.386. The summed E-state index contributed by atoms with van der Waals surface area (Å²) in [6.07, 6.45) is 5.58. The summed E-state index contributed by atoms with van der Waals surface area (Å²) in [5, 5.41) is -0.386. The molecule has 0 saturated carbocycles. The first-order valence-corrected chi connectivity index (χ1v) is 5.02. The maximum atomic E-state index is 11.4. The van der Waals surface area contributed by atoms with Crippen molar-refractivity contribution in [1.29, 1.82) is 0 Å². The topological polar surface area (TPSA) is 43.4 Å². The lowest BCUT2D eigenvalue weighted by atomic mass is 9.69. The van der Waals surface area contributed by atoms with Gasteiger partial charge >= 0.3 is 5.97 Å². The number of fused-ring (bicyclic) bond motifs is 1. The average Bonchev–Trinajstić information content (AvgIpc) is 2.44. The number of ether oxygens (including phenoxy) is 1. The standard InChI is InChI=1S/C10H11ClO3/c11-8(12)5-10-4-2-1-3-7(10)9(13)14-6-10/h1-2,7H,3-6H2/t7-,10-/m1/s1. The quantitative estimate of drug-likeness (QED) is 0.399. The summed E-state index contributed by atoms with van der Waals surface area (Å²) in [5.41, 5.74) is -0.356. The summed E-state index contributed by atoms with van der Waals surface area (Å²) < 4.78 is 5.01. The average molecular weight is 215 g/mol. The zero-order valence-corrected chi connectivity index (χ0v) is 8.42. The maximum Gasteiger partial charge on any atom is 0.309 e. The Labute approximate surface area is 87.1 Å². The number of carbonyl (C=O) groups is 2. The Bertz CT molecular complexity index is 310. The highest BCUT2D eigenvalue weighted by Crippen LogP contribution is 2.46. The second-order valence-electron chi connectivity index (χ2n) is 3.97. The van der Waals surface area contributed by atoms with Crippen LogP contribution in [-0.2, 0) is 14.3 Å². The molecule has 14 heavy (non-hydrogen) atoms. The molecule has 4 heteroatoms. The van der Waals surface area contributed by atoms with E-state index in [-0.39, 0.29) is 29.0 Å². The van der Waals surface area contributed by atoms with Gasteiger partial charge in [-0.25, -0.2) is 0 Å². The second kappa shape index (κ2) is 3.39. The molecule has 1 saturated heterocycles. The van der Waals surface area contributed by atoms with Crippen molar-refractivity contribution in [1.82, 2.24) is 0 Å². The molecule has 76 valence electrons. The Hall–Kier alpha value is -0.830. The Morgan fingerprint density at radius 3 is 3.14 bits per heavy atom. The van der Waals surface area contributed by atoms with Crippen molar-refractivity contribution in [2.75, 3.05) is 6.61 Å². The van der Waals surface area contributed by atoms with E-state index in [9.17, 15) is 9.59 Å². The Morgan fingerprint density at radius 1 is 1.64 bits per heavy atom. The zero-order valence-electron chi connectivity index (χ0n) is 7.66. The normalized spacial score (nSPS) is 35.2. The monoisotopic (exact) mass is 214 g/mol. The number of hydrogen-bond donors (Lipinski definition) is 0. The van der Waals surface area contributed by atoms with Crippen LogP contribution in [0.5, 0.6) is 0 Å². The molecule has 3 nitrogen and oxygen atoms in total. The van der Waals surface area contributed by atoms with Gasteiger partial charge in [0.2, 0.25) is 5.24 Å². The first kappa shape index (κ1) is 9.71. The van der Waals surface area contributed by atoms with Crippen LogP contribution in [0.15, 0.2) is 12.2 Å². The number of allylic oxidation sites excluding steroid dienone is 2. The van der Waals surface area contributed by atoms with Gasteiger partial charge in [-0.15, -0.1) is 0 Å². The van der Waals surface area contributed by atoms with Crippen LogP contribution in [0.2, 0.25) is 0 Å². The smallest absolute Gasteiger partial charge is 0.309 e. The third kappa shape index (κ3) is 1.46. The van der Waals surface area contributed by atoms with Gasteiger partial charge < -0.3 is 4.74 Å². The highest BCUT2D eigenvalue weighted by atomic mass is 35.5. The largest absolute Gasteiger partial charge is 0.465 e. The van der Waals surface area contributed by atoms with Gasteiger partial charge in [0.05, 0.1) is 12.5 Å². The van der Waals surface area contributed by atoms with Crippen LogP contribution < -0.4 is 0 Å². The molecule has 0 N–H and O–H groups in total. The number of carbonyl (C=O) groups excluding carboxylic acids is 2. The van der Waals surface area contributed by atoms with Gasteiger partial charge in [-0.05, 0) is 24.4 Å². The Kier molecular flexibility index (Phi) is 2.35. The summed E-state index contributed by atoms with van der Waals surface area (Å²) in [5.74, 6) is -0.359. The van der Waals surface area contributed by atoms with E-state index in [1.54, 1.807) is 0 Å². The van der Waals surface area contributed by atoms with E-state index in [2.05, 4.69) is 0 Å². The Morgan fingerprint density at radius 2 is 2.43 bits per heavy atom. The fraction of sp³-hybridized carbons (Fsp3) is 0.600. The third-order valence-electron chi connectivity index (χ3n) is 3.08. The minimum Gasteiger partial charge on any atom is -0.465 e. The van der Waals surface area contributed by atoms with E-state index >= 15 is 0 Å².